The summed E-state index contributed by atoms with van der Waals surface area (Å²) in [6.07, 6.45) is 1.81. The summed E-state index contributed by atoms with van der Waals surface area (Å²) in [4.78, 5) is 15.9. The van der Waals surface area contributed by atoms with Crippen molar-refractivity contribution in [1.29, 1.82) is 0 Å². The highest BCUT2D eigenvalue weighted by Crippen LogP contribution is 2.23. The highest BCUT2D eigenvalue weighted by molar-refractivity contribution is 7.98. The summed E-state index contributed by atoms with van der Waals surface area (Å²) in [7, 11) is 0. The van der Waals surface area contributed by atoms with Crippen molar-refractivity contribution in [2.45, 2.75) is 24.9 Å². The fourth-order valence-electron chi connectivity index (χ4n) is 2.32. The number of ether oxygens (including phenoxy) is 1. The largest absolute Gasteiger partial charge is 0.370 e. The van der Waals surface area contributed by atoms with E-state index < -0.39 is 11.6 Å². The van der Waals surface area contributed by atoms with Crippen LogP contribution in [0.1, 0.15) is 16.8 Å². The Morgan fingerprint density at radius 2 is 2.14 bits per heavy atom. The van der Waals surface area contributed by atoms with Gasteiger partial charge in [-0.25, -0.2) is 8.78 Å². The van der Waals surface area contributed by atoms with E-state index in [1.54, 1.807) is 0 Å². The fraction of sp³-hybridized carbons (Fsp3) is 0.286. The highest BCUT2D eigenvalue weighted by atomic mass is 32.2. The third kappa shape index (κ3) is 2.58. The summed E-state index contributed by atoms with van der Waals surface area (Å²) in [6.45, 7) is 0.879. The molecule has 4 nitrogen and oxygen atoms in total. The minimum Gasteiger partial charge on any atom is -0.370 e. The highest BCUT2D eigenvalue weighted by Gasteiger charge is 2.22. The molecule has 0 aliphatic carbocycles. The third-order valence-electron chi connectivity index (χ3n) is 3.35. The van der Waals surface area contributed by atoms with E-state index in [4.69, 9.17) is 4.74 Å². The quantitative estimate of drug-likeness (QED) is 0.645. The Bertz CT molecular complexity index is 761. The normalized spacial score (nSPS) is 13.5. The van der Waals surface area contributed by atoms with Crippen LogP contribution >= 0.6 is 11.8 Å². The summed E-state index contributed by atoms with van der Waals surface area (Å²) in [6, 6.07) is 3.76. The van der Waals surface area contributed by atoms with Gasteiger partial charge in [0.2, 0.25) is 0 Å². The third-order valence-corrected chi connectivity index (χ3v) is 4.03. The molecular weight excluding hydrogens is 298 g/mol. The minimum absolute atomic E-state index is 0.244. The Balaban J connectivity index is 2.07. The lowest BCUT2D eigenvalue weighted by Crippen LogP contribution is -2.21. The van der Waals surface area contributed by atoms with E-state index in [0.717, 1.165) is 17.8 Å². The maximum atomic E-state index is 13.3. The molecule has 7 heteroatoms. The molecule has 2 aromatic rings. The lowest BCUT2D eigenvalue weighted by molar-refractivity contribution is 0.131. The van der Waals surface area contributed by atoms with Gasteiger partial charge in [-0.2, -0.15) is 4.98 Å². The molecule has 0 N–H and O–H groups in total. The Morgan fingerprint density at radius 1 is 1.33 bits per heavy atom. The summed E-state index contributed by atoms with van der Waals surface area (Å²) < 4.78 is 33.5. The molecule has 0 spiro atoms. The van der Waals surface area contributed by atoms with Crippen molar-refractivity contribution in [3.63, 3.8) is 0 Å². The first-order chi connectivity index (χ1) is 10.1. The molecule has 21 heavy (non-hydrogen) atoms. The Hall–Kier alpha value is -1.73. The molecule has 0 amide bonds. The zero-order valence-corrected chi connectivity index (χ0v) is 12.0. The number of hydrogen-bond acceptors (Lipinski definition) is 4. The van der Waals surface area contributed by atoms with Crippen LogP contribution in [0.2, 0.25) is 0 Å². The minimum atomic E-state index is -0.889. The van der Waals surface area contributed by atoms with Gasteiger partial charge >= 0.3 is 0 Å². The van der Waals surface area contributed by atoms with E-state index >= 15 is 0 Å². The van der Waals surface area contributed by atoms with Crippen LogP contribution in [0.25, 0.3) is 0 Å². The molecule has 0 saturated carbocycles. The number of fused-ring (bicyclic) bond motifs is 1. The molecule has 1 aromatic heterocycles. The molecule has 0 unspecified atom stereocenters. The number of aromatic nitrogens is 2. The van der Waals surface area contributed by atoms with Gasteiger partial charge in [0.1, 0.15) is 0 Å². The zero-order chi connectivity index (χ0) is 15.0. The summed E-state index contributed by atoms with van der Waals surface area (Å²) >= 11 is 1.33. The van der Waals surface area contributed by atoms with Gasteiger partial charge in [-0.15, -0.1) is 0 Å². The molecule has 1 aromatic carbocycles. The molecule has 0 atom stereocenters. The molecule has 1 aliphatic rings. The van der Waals surface area contributed by atoms with Crippen molar-refractivity contribution in [3.05, 3.63) is 57.0 Å². The first-order valence-corrected chi connectivity index (χ1v) is 7.51. The second-order valence-electron chi connectivity index (χ2n) is 4.66. The standard InChI is InChI=1S/C14H12F2N2O2S/c1-21-14-17-13(19)9-6-20-7-12(9)18(14)5-8-2-3-10(15)11(16)4-8/h2-4H,5-7H2,1H3. The predicted molar refractivity (Wildman–Crippen MR) is 74.2 cm³/mol. The number of nitrogens with zero attached hydrogens (tertiary/aromatic N) is 2. The summed E-state index contributed by atoms with van der Waals surface area (Å²) in [5.41, 5.74) is 1.61. The number of halogens is 2. The first-order valence-electron chi connectivity index (χ1n) is 6.28. The van der Waals surface area contributed by atoms with Gasteiger partial charge in [-0.1, -0.05) is 17.8 Å². The summed E-state index contributed by atoms with van der Waals surface area (Å²) in [5.74, 6) is -1.77. The van der Waals surface area contributed by atoms with Crippen LogP contribution in [0.5, 0.6) is 0 Å². The molecule has 0 bridgehead atoms. The lowest BCUT2D eigenvalue weighted by atomic mass is 10.2. The van der Waals surface area contributed by atoms with Gasteiger partial charge in [0.25, 0.3) is 5.56 Å². The van der Waals surface area contributed by atoms with Crippen molar-refractivity contribution < 1.29 is 13.5 Å². The molecular formula is C14H12F2N2O2S. The second kappa shape index (κ2) is 5.57. The topological polar surface area (TPSA) is 44.1 Å². The van der Waals surface area contributed by atoms with Gasteiger partial charge in [0.05, 0.1) is 24.5 Å². The van der Waals surface area contributed by atoms with Gasteiger partial charge in [0, 0.05) is 6.54 Å². The van der Waals surface area contributed by atoms with Crippen LogP contribution in [-0.2, 0) is 24.5 Å². The van der Waals surface area contributed by atoms with E-state index in [-0.39, 0.29) is 12.2 Å². The van der Waals surface area contributed by atoms with Crippen LogP contribution in [0, 0.1) is 11.6 Å². The average molecular weight is 310 g/mol. The van der Waals surface area contributed by atoms with Gasteiger partial charge in [-0.3, -0.25) is 4.79 Å². The lowest BCUT2D eigenvalue weighted by Gasteiger charge is -2.15. The van der Waals surface area contributed by atoms with E-state index in [1.807, 2.05) is 10.8 Å². The number of thioether (sulfide) groups is 1. The molecule has 110 valence electrons. The van der Waals surface area contributed by atoms with Gasteiger partial charge in [-0.05, 0) is 24.0 Å². The number of benzene rings is 1. The molecule has 0 radical (unpaired) electrons. The van der Waals surface area contributed by atoms with Crippen molar-refractivity contribution in [2.24, 2.45) is 0 Å². The van der Waals surface area contributed by atoms with Gasteiger partial charge < -0.3 is 9.30 Å². The maximum Gasteiger partial charge on any atom is 0.279 e. The van der Waals surface area contributed by atoms with Crippen molar-refractivity contribution >= 4 is 11.8 Å². The Morgan fingerprint density at radius 3 is 2.86 bits per heavy atom. The SMILES string of the molecule is CSc1nc(=O)c2c(n1Cc1ccc(F)c(F)c1)COC2. The first kappa shape index (κ1) is 14.2. The van der Waals surface area contributed by atoms with Crippen LogP contribution in [0.4, 0.5) is 8.78 Å². The number of hydrogen-bond donors (Lipinski definition) is 0. The van der Waals surface area contributed by atoms with Gasteiger partial charge in [0.15, 0.2) is 16.8 Å². The number of rotatable bonds is 3. The molecule has 0 fully saturated rings. The predicted octanol–water partition coefficient (Wildman–Crippen LogP) is 2.32. The van der Waals surface area contributed by atoms with E-state index in [2.05, 4.69) is 4.98 Å². The second-order valence-corrected chi connectivity index (χ2v) is 5.43. The van der Waals surface area contributed by atoms with Crippen molar-refractivity contribution in [2.75, 3.05) is 6.26 Å². The molecule has 1 aliphatic heterocycles. The average Bonchev–Trinajstić information content (AvgIpc) is 2.95. The van der Waals surface area contributed by atoms with Crippen LogP contribution < -0.4 is 5.56 Å². The van der Waals surface area contributed by atoms with Crippen LogP contribution in [-0.4, -0.2) is 15.8 Å². The molecule has 0 saturated heterocycles. The Kier molecular flexibility index (Phi) is 3.77. The van der Waals surface area contributed by atoms with Crippen LogP contribution in [0.15, 0.2) is 28.2 Å². The smallest absolute Gasteiger partial charge is 0.279 e. The van der Waals surface area contributed by atoms with Crippen LogP contribution in [0.3, 0.4) is 0 Å². The monoisotopic (exact) mass is 310 g/mol. The van der Waals surface area contributed by atoms with Crippen molar-refractivity contribution in [1.82, 2.24) is 9.55 Å². The fourth-order valence-corrected chi connectivity index (χ4v) is 2.89. The molecule has 2 heterocycles. The van der Waals surface area contributed by atoms with E-state index in [9.17, 15) is 13.6 Å². The Labute approximate surface area is 123 Å². The summed E-state index contributed by atoms with van der Waals surface area (Å²) in [5, 5.41) is 0.536. The zero-order valence-electron chi connectivity index (χ0n) is 11.2. The van der Waals surface area contributed by atoms with Crippen molar-refractivity contribution in [3.8, 4) is 0 Å². The molecule has 3 rings (SSSR count). The van der Waals surface area contributed by atoms with E-state index in [1.165, 1.54) is 17.8 Å². The van der Waals surface area contributed by atoms with E-state index in [0.29, 0.717) is 29.4 Å². The maximum absolute atomic E-state index is 13.3.